The van der Waals surface area contributed by atoms with Crippen LogP contribution in [0.1, 0.15) is 39.7 Å². The summed E-state index contributed by atoms with van der Waals surface area (Å²) in [6.07, 6.45) is 0.977. The van der Waals surface area contributed by atoms with Crippen LogP contribution in [0.4, 0.5) is 10.7 Å². The summed E-state index contributed by atoms with van der Waals surface area (Å²) in [7, 11) is 0. The Morgan fingerprint density at radius 1 is 0.974 bits per heavy atom. The van der Waals surface area contributed by atoms with Gasteiger partial charge in [-0.15, -0.1) is 0 Å². The summed E-state index contributed by atoms with van der Waals surface area (Å²) in [6.45, 7) is 3.69. The summed E-state index contributed by atoms with van der Waals surface area (Å²) in [4.78, 5) is 19.1. The zero-order valence-electron chi connectivity index (χ0n) is 21.6. The van der Waals surface area contributed by atoms with Crippen LogP contribution in [0.2, 0.25) is 0 Å². The van der Waals surface area contributed by atoms with Crippen LogP contribution in [0.5, 0.6) is 11.5 Å². The van der Waals surface area contributed by atoms with Gasteiger partial charge in [-0.2, -0.15) is 0 Å². The molecule has 0 saturated heterocycles. The third-order valence-corrected chi connectivity index (χ3v) is 7.46. The number of benzene rings is 3. The van der Waals surface area contributed by atoms with Gasteiger partial charge in [0.1, 0.15) is 24.1 Å². The van der Waals surface area contributed by atoms with Gasteiger partial charge in [-0.1, -0.05) is 41.1 Å². The van der Waals surface area contributed by atoms with E-state index in [0.717, 1.165) is 40.2 Å². The van der Waals surface area contributed by atoms with E-state index in [1.54, 1.807) is 0 Å². The van der Waals surface area contributed by atoms with Crippen molar-refractivity contribution < 1.29 is 18.8 Å². The van der Waals surface area contributed by atoms with E-state index >= 15 is 0 Å². The van der Waals surface area contributed by atoms with Gasteiger partial charge in [-0.3, -0.25) is 4.90 Å². The van der Waals surface area contributed by atoms with Crippen molar-refractivity contribution in [2.75, 3.05) is 25.0 Å². The molecule has 196 valence electrons. The predicted molar refractivity (Wildman–Crippen MR) is 147 cm³/mol. The molecule has 2 N–H and O–H groups in total. The normalized spacial score (nSPS) is 17.2. The van der Waals surface area contributed by atoms with Crippen molar-refractivity contribution in [3.63, 3.8) is 0 Å². The minimum Gasteiger partial charge on any atom is -0.492 e. The van der Waals surface area contributed by atoms with E-state index in [0.29, 0.717) is 37.8 Å². The van der Waals surface area contributed by atoms with Gasteiger partial charge in [-0.05, 0) is 66.4 Å². The predicted octanol–water partition coefficient (Wildman–Crippen LogP) is 6.01. The number of aromatic amines is 1. The van der Waals surface area contributed by atoms with E-state index in [1.165, 1.54) is 16.5 Å². The van der Waals surface area contributed by atoms with Gasteiger partial charge in [0.15, 0.2) is 0 Å². The van der Waals surface area contributed by atoms with Crippen LogP contribution in [0.3, 0.4) is 0 Å². The molecule has 0 fully saturated rings. The number of ether oxygens (including phenoxy) is 2. The number of aromatic nitrogens is 2. The molecule has 1 unspecified atom stereocenters. The molecule has 6 bridgehead atoms. The second-order valence-corrected chi connectivity index (χ2v) is 10.1. The molecule has 1 atom stereocenters. The molecule has 7 heterocycles. The molecule has 0 aliphatic carbocycles. The standard InChI is InChI=1S/C31H28N4O4/c1-19-2-11-27-26(16-19)25-12-14-35-30(29(25)33-27)21-5-9-23(10-6-21)37-15-13-32-28-18-22(34-39-28)17-20-3-7-24(8-4-20)38-31(35)36/h2-11,16,18,30,32-33H,12-15,17H2,1H3. The molecule has 10 rings (SSSR count). The molecule has 39 heavy (non-hydrogen) atoms. The number of hydrogen-bond acceptors (Lipinski definition) is 6. The Bertz CT molecular complexity index is 1650. The zero-order valence-corrected chi connectivity index (χ0v) is 21.6. The Morgan fingerprint density at radius 2 is 1.79 bits per heavy atom. The maximum Gasteiger partial charge on any atom is 0.416 e. The summed E-state index contributed by atoms with van der Waals surface area (Å²) < 4.78 is 17.3. The van der Waals surface area contributed by atoms with E-state index in [2.05, 4.69) is 40.6 Å². The van der Waals surface area contributed by atoms with E-state index in [1.807, 2.05) is 59.5 Å². The number of nitrogens with zero attached hydrogens (tertiary/aromatic N) is 2. The Kier molecular flexibility index (Phi) is 5.73. The number of rotatable bonds is 0. The van der Waals surface area contributed by atoms with Gasteiger partial charge in [-0.25, -0.2) is 4.79 Å². The first kappa shape index (κ1) is 23.4. The molecule has 5 aliphatic heterocycles. The average Bonchev–Trinajstić information content (AvgIpc) is 3.55. The first-order valence-electron chi connectivity index (χ1n) is 13.2. The SMILES string of the molecule is Cc1ccc2[nH]c3c(c2c1)CCN1C(=O)Oc2ccc(cc2)Cc2cc(on2)NCCOc2ccc(cc2)C31. The van der Waals surface area contributed by atoms with Crippen molar-refractivity contribution in [3.8, 4) is 11.5 Å². The first-order chi connectivity index (χ1) is 19.1. The van der Waals surface area contributed by atoms with Crippen LogP contribution in [0, 0.1) is 6.92 Å². The molecular weight excluding hydrogens is 492 g/mol. The molecule has 8 nitrogen and oxygen atoms in total. The third-order valence-electron chi connectivity index (χ3n) is 7.46. The van der Waals surface area contributed by atoms with Crippen molar-refractivity contribution in [1.29, 1.82) is 0 Å². The van der Waals surface area contributed by atoms with Crippen molar-refractivity contribution >= 4 is 22.9 Å². The van der Waals surface area contributed by atoms with Crippen LogP contribution < -0.4 is 14.8 Å². The van der Waals surface area contributed by atoms with Gasteiger partial charge in [0.05, 0.1) is 12.2 Å². The van der Waals surface area contributed by atoms with Gasteiger partial charge < -0.3 is 24.3 Å². The fraction of sp³-hybridized carbons (Fsp3) is 0.226. The lowest BCUT2D eigenvalue weighted by Crippen LogP contribution is -2.42. The van der Waals surface area contributed by atoms with E-state index < -0.39 is 0 Å². The number of amides is 1. The Hall–Kier alpha value is -4.72. The number of anilines is 1. The molecule has 0 spiro atoms. The minimum atomic E-state index is -0.379. The maximum atomic E-state index is 13.6. The third kappa shape index (κ3) is 4.48. The molecular formula is C31H28N4O4. The summed E-state index contributed by atoms with van der Waals surface area (Å²) >= 11 is 0. The van der Waals surface area contributed by atoms with Crippen LogP contribution in [-0.2, 0) is 12.8 Å². The molecule has 8 heteroatoms. The largest absolute Gasteiger partial charge is 0.492 e. The van der Waals surface area contributed by atoms with E-state index in [9.17, 15) is 4.79 Å². The van der Waals surface area contributed by atoms with Crippen LogP contribution in [0.15, 0.2) is 77.3 Å². The topological polar surface area (TPSA) is 92.6 Å². The first-order valence-corrected chi connectivity index (χ1v) is 13.2. The number of nitrogens with one attached hydrogen (secondary N) is 2. The van der Waals surface area contributed by atoms with Crippen LogP contribution in [-0.4, -0.2) is 40.8 Å². The van der Waals surface area contributed by atoms with Gasteiger partial charge >= 0.3 is 6.09 Å². The number of carbonyl (C=O) groups excluding carboxylic acids is 1. The highest BCUT2D eigenvalue weighted by Crippen LogP contribution is 2.39. The molecule has 0 saturated carbocycles. The summed E-state index contributed by atoms with van der Waals surface area (Å²) in [5, 5.41) is 8.58. The Balaban J connectivity index is 1.27. The lowest BCUT2D eigenvalue weighted by Gasteiger charge is -2.35. The van der Waals surface area contributed by atoms with Crippen molar-refractivity contribution in [1.82, 2.24) is 15.0 Å². The number of hydrogen-bond donors (Lipinski definition) is 2. The highest BCUT2D eigenvalue weighted by Gasteiger charge is 2.35. The average molecular weight is 521 g/mol. The molecule has 3 aromatic carbocycles. The van der Waals surface area contributed by atoms with E-state index in [4.69, 9.17) is 14.0 Å². The maximum absolute atomic E-state index is 13.6. The fourth-order valence-corrected chi connectivity index (χ4v) is 5.56. The van der Waals surface area contributed by atoms with Crippen molar-refractivity contribution in [3.05, 3.63) is 106 Å². The molecule has 1 amide bonds. The lowest BCUT2D eigenvalue weighted by atomic mass is 9.92. The highest BCUT2D eigenvalue weighted by atomic mass is 16.6. The van der Waals surface area contributed by atoms with E-state index in [-0.39, 0.29) is 12.1 Å². The second-order valence-electron chi connectivity index (χ2n) is 10.1. The lowest BCUT2D eigenvalue weighted by molar-refractivity contribution is 0.135. The quantitative estimate of drug-likeness (QED) is 0.260. The van der Waals surface area contributed by atoms with Gasteiger partial charge in [0.25, 0.3) is 0 Å². The van der Waals surface area contributed by atoms with Crippen LogP contribution >= 0.6 is 0 Å². The highest BCUT2D eigenvalue weighted by molar-refractivity contribution is 5.87. The number of aryl methyl sites for hydroxylation is 1. The summed E-state index contributed by atoms with van der Waals surface area (Å²) in [6, 6.07) is 23.5. The Morgan fingerprint density at radius 3 is 2.64 bits per heavy atom. The van der Waals surface area contributed by atoms with Crippen molar-refractivity contribution in [2.45, 2.75) is 25.8 Å². The summed E-state index contributed by atoms with van der Waals surface area (Å²) in [5.74, 6) is 1.86. The molecule has 5 aliphatic rings. The molecule has 2 aromatic heterocycles. The minimum absolute atomic E-state index is 0.313. The number of H-pyrrole nitrogens is 1. The summed E-state index contributed by atoms with van der Waals surface area (Å²) in [5.41, 5.74) is 7.41. The monoisotopic (exact) mass is 520 g/mol. The van der Waals surface area contributed by atoms with Crippen molar-refractivity contribution in [2.24, 2.45) is 0 Å². The Labute approximate surface area is 225 Å². The molecule has 5 aromatic rings. The molecule has 0 radical (unpaired) electrons. The van der Waals surface area contributed by atoms with Gasteiger partial charge in [0.2, 0.25) is 5.88 Å². The van der Waals surface area contributed by atoms with Gasteiger partial charge in [0, 0.05) is 35.6 Å². The fourth-order valence-electron chi connectivity index (χ4n) is 5.56. The smallest absolute Gasteiger partial charge is 0.416 e. The van der Waals surface area contributed by atoms with Crippen LogP contribution in [0.25, 0.3) is 10.9 Å². The number of fused-ring (bicyclic) bond motifs is 3. The number of carbonyl (C=O) groups is 1. The zero-order chi connectivity index (χ0) is 26.3. The second kappa shape index (κ2) is 9.54.